The number of nitrogens with zero attached hydrogens (tertiary/aromatic N) is 2. The molecule has 0 atom stereocenters. The molecule has 1 aliphatic rings. The summed E-state index contributed by atoms with van der Waals surface area (Å²) < 4.78 is 0. The fourth-order valence-electron chi connectivity index (χ4n) is 1.50. The number of hydrogen-bond donors (Lipinski definition) is 0. The molecule has 0 bridgehead atoms. The smallest absolute Gasteiger partial charge is 0.0990 e. The van der Waals surface area contributed by atoms with Gasteiger partial charge in [-0.2, -0.15) is 0 Å². The zero-order valence-corrected chi connectivity index (χ0v) is 7.64. The molecule has 0 aromatic heterocycles. The zero-order valence-electron chi connectivity index (χ0n) is 7.64. The lowest BCUT2D eigenvalue weighted by Crippen LogP contribution is -2.28. The Hall–Kier alpha value is -0.530. The highest BCUT2D eigenvalue weighted by molar-refractivity contribution is 5.83. The van der Waals surface area contributed by atoms with E-state index in [1.54, 1.807) is 0 Å². The third-order valence-electron chi connectivity index (χ3n) is 2.00. The molecule has 0 amide bonds. The predicted octanol–water partition coefficient (Wildman–Crippen LogP) is 1.91. The number of amidine groups is 1. The number of rotatable bonds is 4. The van der Waals surface area contributed by atoms with Crippen LogP contribution < -0.4 is 0 Å². The van der Waals surface area contributed by atoms with Crippen molar-refractivity contribution in [2.45, 2.75) is 33.1 Å². The molecule has 0 unspecified atom stereocenters. The van der Waals surface area contributed by atoms with Crippen molar-refractivity contribution in [3.05, 3.63) is 0 Å². The molecule has 0 spiro atoms. The maximum Gasteiger partial charge on any atom is 0.0990 e. The molecule has 11 heavy (non-hydrogen) atoms. The van der Waals surface area contributed by atoms with Crippen molar-refractivity contribution in [1.29, 1.82) is 0 Å². The molecule has 0 radical (unpaired) electrons. The molecular formula is C9H18N2. The molecule has 1 aliphatic heterocycles. The molecule has 1 heterocycles. The summed E-state index contributed by atoms with van der Waals surface area (Å²) in [6.07, 6.45) is 3.63. The third kappa shape index (κ3) is 2.21. The van der Waals surface area contributed by atoms with Gasteiger partial charge in [0.1, 0.15) is 0 Å². The normalized spacial score (nSPS) is 17.3. The highest BCUT2D eigenvalue weighted by Crippen LogP contribution is 2.07. The van der Waals surface area contributed by atoms with E-state index in [2.05, 4.69) is 23.7 Å². The first-order chi connectivity index (χ1) is 5.38. The summed E-state index contributed by atoms with van der Waals surface area (Å²) in [6.45, 7) is 7.81. The molecule has 0 aromatic carbocycles. The molecule has 0 saturated carbocycles. The van der Waals surface area contributed by atoms with Gasteiger partial charge >= 0.3 is 0 Å². The van der Waals surface area contributed by atoms with Crippen molar-refractivity contribution in [2.75, 3.05) is 19.6 Å². The van der Waals surface area contributed by atoms with Crippen molar-refractivity contribution in [2.24, 2.45) is 4.99 Å². The van der Waals surface area contributed by atoms with Crippen LogP contribution in [0.1, 0.15) is 33.1 Å². The van der Waals surface area contributed by atoms with E-state index in [1.807, 2.05) is 0 Å². The number of aliphatic imine (C=N–C) groups is 1. The van der Waals surface area contributed by atoms with Crippen molar-refractivity contribution in [1.82, 2.24) is 4.90 Å². The molecule has 0 saturated heterocycles. The minimum Gasteiger partial charge on any atom is -0.359 e. The van der Waals surface area contributed by atoms with Crippen LogP contribution in [0.4, 0.5) is 0 Å². The first kappa shape index (κ1) is 8.57. The summed E-state index contributed by atoms with van der Waals surface area (Å²) in [6, 6.07) is 0. The maximum atomic E-state index is 4.47. The number of hydrogen-bond acceptors (Lipinski definition) is 2. The molecule has 0 fully saturated rings. The minimum atomic E-state index is 1.02. The molecule has 64 valence electrons. The van der Waals surface area contributed by atoms with Gasteiger partial charge in [-0.1, -0.05) is 13.8 Å². The summed E-state index contributed by atoms with van der Waals surface area (Å²) in [5.74, 6) is 1.34. The topological polar surface area (TPSA) is 15.6 Å². The van der Waals surface area contributed by atoms with Crippen molar-refractivity contribution < 1.29 is 0 Å². The highest BCUT2D eigenvalue weighted by atomic mass is 15.2. The van der Waals surface area contributed by atoms with Gasteiger partial charge in [0.2, 0.25) is 0 Å². The second-order valence-corrected chi connectivity index (χ2v) is 3.03. The Morgan fingerprint density at radius 1 is 1.36 bits per heavy atom. The Bertz CT molecular complexity index is 140. The van der Waals surface area contributed by atoms with Gasteiger partial charge in [0.25, 0.3) is 0 Å². The molecular weight excluding hydrogens is 136 g/mol. The molecule has 2 heteroatoms. The van der Waals surface area contributed by atoms with Crippen LogP contribution in [0.25, 0.3) is 0 Å². The lowest BCUT2D eigenvalue weighted by molar-refractivity contribution is 0.447. The van der Waals surface area contributed by atoms with Gasteiger partial charge in [0.05, 0.1) is 12.4 Å². The third-order valence-corrected chi connectivity index (χ3v) is 2.00. The Balaban J connectivity index is 2.35. The lowest BCUT2D eigenvalue weighted by Gasteiger charge is -2.18. The van der Waals surface area contributed by atoms with E-state index in [4.69, 9.17) is 0 Å². The van der Waals surface area contributed by atoms with E-state index < -0.39 is 0 Å². The maximum absolute atomic E-state index is 4.47. The highest BCUT2D eigenvalue weighted by Gasteiger charge is 2.13. The van der Waals surface area contributed by atoms with E-state index in [1.165, 1.54) is 31.6 Å². The lowest BCUT2D eigenvalue weighted by atomic mass is 10.3. The van der Waals surface area contributed by atoms with Crippen molar-refractivity contribution in [3.8, 4) is 0 Å². The van der Waals surface area contributed by atoms with E-state index in [-0.39, 0.29) is 0 Å². The summed E-state index contributed by atoms with van der Waals surface area (Å²) in [7, 11) is 0. The van der Waals surface area contributed by atoms with Crippen molar-refractivity contribution in [3.63, 3.8) is 0 Å². The fourth-order valence-corrected chi connectivity index (χ4v) is 1.50. The Morgan fingerprint density at radius 2 is 2.18 bits per heavy atom. The molecule has 1 rings (SSSR count). The van der Waals surface area contributed by atoms with Crippen LogP contribution in [-0.2, 0) is 0 Å². The van der Waals surface area contributed by atoms with Crippen LogP contribution in [0.15, 0.2) is 4.99 Å². The summed E-state index contributed by atoms with van der Waals surface area (Å²) in [5, 5.41) is 0. The monoisotopic (exact) mass is 154 g/mol. The van der Waals surface area contributed by atoms with Crippen LogP contribution in [0.3, 0.4) is 0 Å². The second kappa shape index (κ2) is 4.37. The molecule has 0 N–H and O–H groups in total. The van der Waals surface area contributed by atoms with Crippen molar-refractivity contribution >= 4 is 5.84 Å². The Labute approximate surface area is 69.3 Å². The Morgan fingerprint density at radius 3 is 2.82 bits per heavy atom. The van der Waals surface area contributed by atoms with E-state index in [0.717, 1.165) is 13.1 Å². The van der Waals surface area contributed by atoms with E-state index in [9.17, 15) is 0 Å². The van der Waals surface area contributed by atoms with E-state index >= 15 is 0 Å². The first-order valence-electron chi connectivity index (χ1n) is 4.66. The van der Waals surface area contributed by atoms with Gasteiger partial charge in [-0.25, -0.2) is 0 Å². The van der Waals surface area contributed by atoms with Crippen LogP contribution >= 0.6 is 0 Å². The predicted molar refractivity (Wildman–Crippen MR) is 49.1 cm³/mol. The van der Waals surface area contributed by atoms with Gasteiger partial charge in [0.15, 0.2) is 0 Å². The summed E-state index contributed by atoms with van der Waals surface area (Å²) in [5.41, 5.74) is 0. The van der Waals surface area contributed by atoms with Crippen LogP contribution in [0.5, 0.6) is 0 Å². The summed E-state index contributed by atoms with van der Waals surface area (Å²) >= 11 is 0. The average Bonchev–Trinajstić information content (AvgIpc) is 2.39. The van der Waals surface area contributed by atoms with Gasteiger partial charge < -0.3 is 4.90 Å². The minimum absolute atomic E-state index is 1.02. The SMILES string of the molecule is CCCC1=NCCN1CCC. The molecule has 0 aliphatic carbocycles. The fraction of sp³-hybridized carbons (Fsp3) is 0.889. The summed E-state index contributed by atoms with van der Waals surface area (Å²) in [4.78, 5) is 6.89. The van der Waals surface area contributed by atoms with Gasteiger partial charge in [-0.05, 0) is 12.8 Å². The van der Waals surface area contributed by atoms with Crippen LogP contribution in [0.2, 0.25) is 0 Å². The van der Waals surface area contributed by atoms with E-state index in [0.29, 0.717) is 0 Å². The molecule has 0 aromatic rings. The average molecular weight is 154 g/mol. The van der Waals surface area contributed by atoms with Crippen LogP contribution in [-0.4, -0.2) is 30.4 Å². The first-order valence-corrected chi connectivity index (χ1v) is 4.66. The van der Waals surface area contributed by atoms with Gasteiger partial charge in [-0.15, -0.1) is 0 Å². The van der Waals surface area contributed by atoms with Crippen LogP contribution in [0, 0.1) is 0 Å². The van der Waals surface area contributed by atoms with Gasteiger partial charge in [-0.3, -0.25) is 4.99 Å². The largest absolute Gasteiger partial charge is 0.359 e. The quantitative estimate of drug-likeness (QED) is 0.604. The zero-order chi connectivity index (χ0) is 8.10. The second-order valence-electron chi connectivity index (χ2n) is 3.03. The standard InChI is InChI=1S/C9H18N2/c1-3-5-9-10-6-8-11(9)7-4-2/h3-8H2,1-2H3. The molecule has 2 nitrogen and oxygen atoms in total. The Kier molecular flexibility index (Phi) is 3.40. The van der Waals surface area contributed by atoms with Gasteiger partial charge in [0, 0.05) is 19.5 Å².